The molecule has 2 fully saturated rings. The molecular weight excluding hydrogens is 300 g/mol. The van der Waals surface area contributed by atoms with Crippen LogP contribution >= 0.6 is 0 Å². The second-order valence-corrected chi connectivity index (χ2v) is 6.31. The van der Waals surface area contributed by atoms with Crippen molar-refractivity contribution in [1.82, 2.24) is 9.13 Å². The maximum atomic E-state index is 12.5. The number of hydrogen-bond donors (Lipinski definition) is 0. The van der Waals surface area contributed by atoms with Crippen molar-refractivity contribution in [3.63, 3.8) is 0 Å². The summed E-state index contributed by atoms with van der Waals surface area (Å²) in [6, 6.07) is 1.28. The molecule has 124 valence electrons. The van der Waals surface area contributed by atoms with Gasteiger partial charge in [-0.2, -0.15) is 0 Å². The highest BCUT2D eigenvalue weighted by molar-refractivity contribution is 5.71. The molecule has 1 aliphatic carbocycles. The van der Waals surface area contributed by atoms with Gasteiger partial charge in [0.05, 0.1) is 12.0 Å². The van der Waals surface area contributed by atoms with Crippen LogP contribution in [0.3, 0.4) is 0 Å². The van der Waals surface area contributed by atoms with Gasteiger partial charge in [0.15, 0.2) is 6.73 Å². The van der Waals surface area contributed by atoms with E-state index in [1.165, 1.54) is 16.8 Å². The van der Waals surface area contributed by atoms with E-state index in [9.17, 15) is 14.4 Å². The lowest BCUT2D eigenvalue weighted by atomic mass is 10.2. The standard InChI is InChI=1S/C16H20N2O5/c1-4-12-10-7-11(10)14(23-12)17-6-5-13(19)18(16(17)21)8-22-15(20)9(2)3/h4-6,9-12,14H,1,7-8H2,2-3H3/t10?,11-,12+,14+/m0/s1. The summed E-state index contributed by atoms with van der Waals surface area (Å²) in [5, 5.41) is 0. The summed E-state index contributed by atoms with van der Waals surface area (Å²) >= 11 is 0. The zero-order chi connectivity index (χ0) is 16.7. The Hall–Kier alpha value is -2.15. The minimum atomic E-state index is -0.533. The van der Waals surface area contributed by atoms with Crippen molar-refractivity contribution in [2.75, 3.05) is 0 Å². The zero-order valence-electron chi connectivity index (χ0n) is 13.2. The van der Waals surface area contributed by atoms with Crippen molar-refractivity contribution in [2.45, 2.75) is 39.3 Å². The van der Waals surface area contributed by atoms with Gasteiger partial charge in [-0.05, 0) is 12.3 Å². The topological polar surface area (TPSA) is 79.5 Å². The molecule has 1 aromatic heterocycles. The first kappa shape index (κ1) is 15.7. The molecule has 2 heterocycles. The number of hydrogen-bond acceptors (Lipinski definition) is 5. The van der Waals surface area contributed by atoms with Crippen LogP contribution < -0.4 is 11.2 Å². The summed E-state index contributed by atoms with van der Waals surface area (Å²) in [6.07, 6.45) is 3.71. The highest BCUT2D eigenvalue weighted by Gasteiger charge is 2.55. The van der Waals surface area contributed by atoms with E-state index < -0.39 is 23.4 Å². The zero-order valence-corrected chi connectivity index (χ0v) is 13.2. The third-order valence-corrected chi connectivity index (χ3v) is 4.39. The summed E-state index contributed by atoms with van der Waals surface area (Å²) in [7, 11) is 0. The first-order chi connectivity index (χ1) is 10.9. The molecule has 1 saturated heterocycles. The van der Waals surface area contributed by atoms with Crippen LogP contribution in [-0.4, -0.2) is 21.2 Å². The number of ether oxygens (including phenoxy) is 2. The highest BCUT2D eigenvalue weighted by atomic mass is 16.5. The van der Waals surface area contributed by atoms with Gasteiger partial charge in [0.2, 0.25) is 0 Å². The maximum absolute atomic E-state index is 12.5. The molecule has 1 aromatic rings. The number of carbonyl (C=O) groups excluding carboxylic acids is 1. The molecule has 0 spiro atoms. The monoisotopic (exact) mass is 320 g/mol. The van der Waals surface area contributed by atoms with Gasteiger partial charge in [0.25, 0.3) is 5.56 Å². The summed E-state index contributed by atoms with van der Waals surface area (Å²) in [5.41, 5.74) is -1.04. The van der Waals surface area contributed by atoms with Crippen LogP contribution in [0.5, 0.6) is 0 Å². The van der Waals surface area contributed by atoms with Gasteiger partial charge in [-0.15, -0.1) is 6.58 Å². The van der Waals surface area contributed by atoms with Gasteiger partial charge in [0.1, 0.15) is 6.23 Å². The largest absolute Gasteiger partial charge is 0.443 e. The third-order valence-electron chi connectivity index (χ3n) is 4.39. The normalized spacial score (nSPS) is 28.5. The van der Waals surface area contributed by atoms with Crippen molar-refractivity contribution in [1.29, 1.82) is 0 Å². The fraction of sp³-hybridized carbons (Fsp3) is 0.562. The average Bonchev–Trinajstić information content (AvgIpc) is 3.22. The molecule has 0 bridgehead atoms. The second-order valence-electron chi connectivity index (χ2n) is 6.31. The lowest BCUT2D eigenvalue weighted by Gasteiger charge is -2.19. The lowest BCUT2D eigenvalue weighted by Crippen LogP contribution is -2.42. The van der Waals surface area contributed by atoms with Crippen LogP contribution in [0, 0.1) is 17.8 Å². The first-order valence-electron chi connectivity index (χ1n) is 7.70. The summed E-state index contributed by atoms with van der Waals surface area (Å²) in [6.45, 7) is 6.72. The Balaban J connectivity index is 1.85. The predicted octanol–water partition coefficient (Wildman–Crippen LogP) is 0.886. The van der Waals surface area contributed by atoms with Crippen LogP contribution in [0.1, 0.15) is 26.5 Å². The van der Waals surface area contributed by atoms with Gasteiger partial charge in [0, 0.05) is 18.2 Å². The van der Waals surface area contributed by atoms with E-state index in [1.54, 1.807) is 19.9 Å². The molecule has 0 aromatic carbocycles. The van der Waals surface area contributed by atoms with E-state index in [0.717, 1.165) is 11.0 Å². The third kappa shape index (κ3) is 2.76. The van der Waals surface area contributed by atoms with Crippen molar-refractivity contribution in [3.8, 4) is 0 Å². The smallest absolute Gasteiger partial charge is 0.335 e. The Kier molecular flexibility index (Phi) is 3.97. The van der Waals surface area contributed by atoms with Crippen LogP contribution in [0.4, 0.5) is 0 Å². The lowest BCUT2D eigenvalue weighted by molar-refractivity contribution is -0.151. The molecule has 7 nitrogen and oxygen atoms in total. The molecular formula is C16H20N2O5. The number of esters is 1. The fourth-order valence-corrected chi connectivity index (χ4v) is 2.95. The van der Waals surface area contributed by atoms with Crippen LogP contribution in [-0.2, 0) is 21.0 Å². The number of rotatable bonds is 5. The average molecular weight is 320 g/mol. The van der Waals surface area contributed by atoms with Crippen LogP contribution in [0.15, 0.2) is 34.5 Å². The molecule has 2 aliphatic rings. The fourth-order valence-electron chi connectivity index (χ4n) is 2.95. The van der Waals surface area contributed by atoms with Crippen LogP contribution in [0.2, 0.25) is 0 Å². The maximum Gasteiger partial charge on any atom is 0.335 e. The van der Waals surface area contributed by atoms with Gasteiger partial charge >= 0.3 is 11.7 Å². The van der Waals surface area contributed by atoms with E-state index in [0.29, 0.717) is 5.92 Å². The van der Waals surface area contributed by atoms with Crippen LogP contribution in [0.25, 0.3) is 0 Å². The minimum Gasteiger partial charge on any atom is -0.443 e. The summed E-state index contributed by atoms with van der Waals surface area (Å²) in [4.78, 5) is 36.0. The number of nitrogens with zero attached hydrogens (tertiary/aromatic N) is 2. The van der Waals surface area contributed by atoms with Crippen molar-refractivity contribution in [3.05, 3.63) is 45.8 Å². The molecule has 0 N–H and O–H groups in total. The molecule has 3 rings (SSSR count). The highest BCUT2D eigenvalue weighted by Crippen LogP contribution is 2.56. The van der Waals surface area contributed by atoms with Gasteiger partial charge in [-0.3, -0.25) is 14.2 Å². The number of aromatic nitrogens is 2. The Labute approximate surface area is 133 Å². The molecule has 0 amide bonds. The number of fused-ring (bicyclic) bond motifs is 1. The van der Waals surface area contributed by atoms with E-state index in [-0.39, 0.29) is 24.7 Å². The van der Waals surface area contributed by atoms with E-state index >= 15 is 0 Å². The first-order valence-corrected chi connectivity index (χ1v) is 7.70. The quantitative estimate of drug-likeness (QED) is 0.594. The Morgan fingerprint density at radius 2 is 2.22 bits per heavy atom. The number of carbonyl (C=O) groups is 1. The Morgan fingerprint density at radius 1 is 1.48 bits per heavy atom. The Bertz CT molecular complexity index is 748. The molecule has 1 unspecified atom stereocenters. The summed E-state index contributed by atoms with van der Waals surface area (Å²) in [5.74, 6) is -0.128. The van der Waals surface area contributed by atoms with Gasteiger partial charge in [-0.1, -0.05) is 19.9 Å². The van der Waals surface area contributed by atoms with E-state index in [1.807, 2.05) is 0 Å². The molecule has 7 heteroatoms. The van der Waals surface area contributed by atoms with Gasteiger partial charge in [-0.25, -0.2) is 9.36 Å². The van der Waals surface area contributed by atoms with E-state index in [4.69, 9.17) is 9.47 Å². The molecule has 1 saturated carbocycles. The molecule has 4 atom stereocenters. The Morgan fingerprint density at radius 3 is 2.83 bits per heavy atom. The van der Waals surface area contributed by atoms with Gasteiger partial charge < -0.3 is 9.47 Å². The molecule has 1 aliphatic heterocycles. The molecule has 23 heavy (non-hydrogen) atoms. The SMILES string of the molecule is C=C[C@H]1O[C@@H](n2ccc(=O)n(COC(=O)C(C)C)c2=O)[C@H]2CC12. The second kappa shape index (κ2) is 5.81. The van der Waals surface area contributed by atoms with Crippen molar-refractivity contribution >= 4 is 5.97 Å². The predicted molar refractivity (Wildman–Crippen MR) is 81.6 cm³/mol. The summed E-state index contributed by atoms with van der Waals surface area (Å²) < 4.78 is 13.1. The van der Waals surface area contributed by atoms with Crippen molar-refractivity contribution < 1.29 is 14.3 Å². The van der Waals surface area contributed by atoms with E-state index in [2.05, 4.69) is 6.58 Å². The molecule has 0 radical (unpaired) electrons. The minimum absolute atomic E-state index is 0.0592. The van der Waals surface area contributed by atoms with Crippen molar-refractivity contribution in [2.24, 2.45) is 17.8 Å².